The Hall–Kier alpha value is -2.46. The van der Waals surface area contributed by atoms with E-state index in [1.54, 1.807) is 6.42 Å². The van der Waals surface area contributed by atoms with Crippen LogP contribution in [-0.4, -0.2) is 24.3 Å². The molecule has 2 atom stereocenters. The van der Waals surface area contributed by atoms with Crippen LogP contribution >= 0.6 is 0 Å². The molecule has 3 N–H and O–H groups in total. The van der Waals surface area contributed by atoms with Crippen LogP contribution in [0.2, 0.25) is 0 Å². The highest BCUT2D eigenvalue weighted by molar-refractivity contribution is 6.03. The molecule has 0 bridgehead atoms. The maximum atomic E-state index is 12.8. The highest BCUT2D eigenvalue weighted by atomic mass is 16.1. The zero-order chi connectivity index (χ0) is 17.0. The van der Waals surface area contributed by atoms with Crippen LogP contribution in [0.5, 0.6) is 0 Å². The highest BCUT2D eigenvalue weighted by Crippen LogP contribution is 2.39. The van der Waals surface area contributed by atoms with Crippen LogP contribution in [0.15, 0.2) is 60.7 Å². The van der Waals surface area contributed by atoms with Crippen LogP contribution in [-0.2, 0) is 10.2 Å². The Morgan fingerprint density at radius 2 is 1.67 bits per heavy atom. The van der Waals surface area contributed by atoms with Gasteiger partial charge in [0.05, 0.1) is 6.04 Å². The SMILES string of the molecule is NC(=O)C1CC([CH]C(=O)c2ccccc2)(c2ccccc2)CCN1. The Labute approximate surface area is 142 Å². The second-order valence-electron chi connectivity index (χ2n) is 6.26. The molecule has 4 nitrogen and oxygen atoms in total. The predicted octanol–water partition coefficient (Wildman–Crippen LogP) is 2.25. The van der Waals surface area contributed by atoms with Crippen molar-refractivity contribution >= 4 is 11.7 Å². The van der Waals surface area contributed by atoms with Crippen molar-refractivity contribution < 1.29 is 9.59 Å². The molecule has 24 heavy (non-hydrogen) atoms. The number of carbonyl (C=O) groups is 2. The summed E-state index contributed by atoms with van der Waals surface area (Å²) in [6, 6.07) is 18.7. The van der Waals surface area contributed by atoms with Crippen LogP contribution in [0.4, 0.5) is 0 Å². The second-order valence-corrected chi connectivity index (χ2v) is 6.26. The third kappa shape index (κ3) is 3.39. The number of piperidine rings is 1. The second kappa shape index (κ2) is 6.97. The zero-order valence-electron chi connectivity index (χ0n) is 13.4. The number of rotatable bonds is 5. The van der Waals surface area contributed by atoms with Gasteiger partial charge in [-0.05, 0) is 24.9 Å². The summed E-state index contributed by atoms with van der Waals surface area (Å²) in [4.78, 5) is 24.5. The summed E-state index contributed by atoms with van der Waals surface area (Å²) >= 11 is 0. The molecule has 0 spiro atoms. The lowest BCUT2D eigenvalue weighted by atomic mass is 9.67. The molecule has 3 rings (SSSR count). The monoisotopic (exact) mass is 321 g/mol. The molecule has 1 radical (unpaired) electrons. The molecule has 1 aliphatic heterocycles. The lowest BCUT2D eigenvalue weighted by Crippen LogP contribution is -2.53. The summed E-state index contributed by atoms with van der Waals surface area (Å²) in [6.45, 7) is 0.640. The van der Waals surface area contributed by atoms with Crippen molar-refractivity contribution in [1.29, 1.82) is 0 Å². The minimum atomic E-state index is -0.487. The van der Waals surface area contributed by atoms with Crippen LogP contribution in [0.25, 0.3) is 0 Å². The molecule has 1 fully saturated rings. The Balaban J connectivity index is 1.94. The number of nitrogens with one attached hydrogen (secondary N) is 1. The summed E-state index contributed by atoms with van der Waals surface area (Å²) in [5, 5.41) is 3.15. The quantitative estimate of drug-likeness (QED) is 0.830. The molecule has 123 valence electrons. The van der Waals surface area contributed by atoms with Gasteiger partial charge in [0.1, 0.15) is 0 Å². The topological polar surface area (TPSA) is 72.2 Å². The van der Waals surface area contributed by atoms with Crippen LogP contribution < -0.4 is 11.1 Å². The van der Waals surface area contributed by atoms with Gasteiger partial charge < -0.3 is 11.1 Å². The number of ketones is 1. The van der Waals surface area contributed by atoms with E-state index in [4.69, 9.17) is 5.73 Å². The first-order valence-corrected chi connectivity index (χ1v) is 8.14. The molecule has 2 aromatic carbocycles. The average Bonchev–Trinajstić information content (AvgIpc) is 2.63. The lowest BCUT2D eigenvalue weighted by Gasteiger charge is -2.40. The van der Waals surface area contributed by atoms with E-state index in [1.165, 1.54) is 0 Å². The van der Waals surface area contributed by atoms with Crippen molar-refractivity contribution in [3.8, 4) is 0 Å². The Morgan fingerprint density at radius 1 is 1.04 bits per heavy atom. The first-order chi connectivity index (χ1) is 11.6. The zero-order valence-corrected chi connectivity index (χ0v) is 13.4. The fraction of sp³-hybridized carbons (Fsp3) is 0.250. The van der Waals surface area contributed by atoms with E-state index in [1.807, 2.05) is 60.7 Å². The maximum absolute atomic E-state index is 12.8. The van der Waals surface area contributed by atoms with Gasteiger partial charge in [0.2, 0.25) is 5.91 Å². The number of nitrogens with two attached hydrogens (primary N) is 1. The molecule has 1 amide bonds. The van der Waals surface area contributed by atoms with Gasteiger partial charge in [-0.25, -0.2) is 0 Å². The largest absolute Gasteiger partial charge is 0.368 e. The van der Waals surface area contributed by atoms with Crippen LogP contribution in [0.1, 0.15) is 28.8 Å². The smallest absolute Gasteiger partial charge is 0.234 e. The van der Waals surface area contributed by atoms with Crippen molar-refractivity contribution in [3.05, 3.63) is 78.2 Å². The number of hydrogen-bond donors (Lipinski definition) is 2. The number of amides is 1. The van der Waals surface area contributed by atoms with E-state index >= 15 is 0 Å². The standard InChI is InChI=1S/C20H21N2O2/c21-19(24)17-13-20(11-12-22-17,16-9-5-2-6-10-16)14-18(23)15-7-3-1-4-8-15/h1-10,14,17,22H,11-13H2,(H2,21,24). The normalized spacial score (nSPS) is 23.6. The molecule has 2 unspecified atom stereocenters. The van der Waals surface area contributed by atoms with E-state index in [9.17, 15) is 9.59 Å². The maximum Gasteiger partial charge on any atom is 0.234 e. The van der Waals surface area contributed by atoms with Gasteiger partial charge in [-0.15, -0.1) is 0 Å². The van der Waals surface area contributed by atoms with Crippen molar-refractivity contribution in [3.63, 3.8) is 0 Å². The third-order valence-corrected chi connectivity index (χ3v) is 4.69. The molecule has 4 heteroatoms. The molecular weight excluding hydrogens is 300 g/mol. The van der Waals surface area contributed by atoms with Gasteiger partial charge in [0, 0.05) is 17.4 Å². The first-order valence-electron chi connectivity index (χ1n) is 8.14. The fourth-order valence-corrected chi connectivity index (χ4v) is 3.39. The van der Waals surface area contributed by atoms with E-state index in [2.05, 4.69) is 5.32 Å². The minimum absolute atomic E-state index is 0.0235. The lowest BCUT2D eigenvalue weighted by molar-refractivity contribution is -0.121. The van der Waals surface area contributed by atoms with Crippen molar-refractivity contribution in [2.45, 2.75) is 24.3 Å². The Kier molecular flexibility index (Phi) is 4.76. The summed E-state index contributed by atoms with van der Waals surface area (Å²) in [6.07, 6.45) is 3.01. The molecule has 0 aliphatic carbocycles. The molecule has 1 aliphatic rings. The Bertz CT molecular complexity index is 715. The van der Waals surface area contributed by atoms with E-state index < -0.39 is 11.5 Å². The van der Waals surface area contributed by atoms with E-state index in [-0.39, 0.29) is 11.7 Å². The molecule has 1 saturated heterocycles. The summed E-state index contributed by atoms with van der Waals surface area (Å²) in [5.74, 6) is -0.403. The van der Waals surface area contributed by atoms with Gasteiger partial charge >= 0.3 is 0 Å². The van der Waals surface area contributed by atoms with Crippen molar-refractivity contribution in [2.75, 3.05) is 6.54 Å². The number of benzene rings is 2. The van der Waals surface area contributed by atoms with Crippen molar-refractivity contribution in [2.24, 2.45) is 5.73 Å². The molecule has 2 aromatic rings. The molecule has 0 aromatic heterocycles. The van der Waals surface area contributed by atoms with E-state index in [0.717, 1.165) is 12.0 Å². The van der Waals surface area contributed by atoms with Crippen LogP contribution in [0, 0.1) is 6.42 Å². The fourth-order valence-electron chi connectivity index (χ4n) is 3.39. The van der Waals surface area contributed by atoms with Crippen molar-refractivity contribution in [1.82, 2.24) is 5.32 Å². The number of hydrogen-bond acceptors (Lipinski definition) is 3. The van der Waals surface area contributed by atoms with Gasteiger partial charge in [-0.1, -0.05) is 60.7 Å². The number of primary amides is 1. The third-order valence-electron chi connectivity index (χ3n) is 4.69. The van der Waals surface area contributed by atoms with Crippen LogP contribution in [0.3, 0.4) is 0 Å². The van der Waals surface area contributed by atoms with Gasteiger partial charge in [-0.2, -0.15) is 0 Å². The average molecular weight is 321 g/mol. The summed E-state index contributed by atoms with van der Waals surface area (Å²) in [5.41, 5.74) is 6.72. The van der Waals surface area contributed by atoms with Gasteiger partial charge in [0.25, 0.3) is 0 Å². The predicted molar refractivity (Wildman–Crippen MR) is 93.4 cm³/mol. The number of carbonyl (C=O) groups excluding carboxylic acids is 2. The summed E-state index contributed by atoms with van der Waals surface area (Å²) < 4.78 is 0. The first kappa shape index (κ1) is 16.4. The molecular formula is C20H21N2O2. The molecule has 0 saturated carbocycles. The molecule has 1 heterocycles. The van der Waals surface area contributed by atoms with Gasteiger partial charge in [-0.3, -0.25) is 9.59 Å². The van der Waals surface area contributed by atoms with E-state index in [0.29, 0.717) is 18.5 Å². The number of Topliss-reactive ketones (excluding diaryl/α,β-unsaturated/α-hetero) is 1. The summed E-state index contributed by atoms with van der Waals surface area (Å²) in [7, 11) is 0. The Morgan fingerprint density at radius 3 is 2.29 bits per heavy atom. The highest BCUT2D eigenvalue weighted by Gasteiger charge is 2.41. The van der Waals surface area contributed by atoms with Gasteiger partial charge in [0.15, 0.2) is 5.78 Å². The minimum Gasteiger partial charge on any atom is -0.368 e.